The molecule has 1 aromatic heterocycles. The first kappa shape index (κ1) is 13.1. The highest BCUT2D eigenvalue weighted by Crippen LogP contribution is 2.30. The number of pyridine rings is 1. The Bertz CT molecular complexity index is 502. The van der Waals surface area contributed by atoms with Gasteiger partial charge in [0.05, 0.1) is 5.38 Å². The van der Waals surface area contributed by atoms with Gasteiger partial charge in [-0.3, -0.25) is 4.98 Å². The second-order valence-electron chi connectivity index (χ2n) is 3.66. The highest BCUT2D eigenvalue weighted by Gasteiger charge is 2.13. The molecule has 0 spiro atoms. The van der Waals surface area contributed by atoms with Crippen LogP contribution in [0.3, 0.4) is 0 Å². The largest absolute Gasteiger partial charge is 0.261 e. The number of hydrogen-bond acceptors (Lipinski definition) is 1. The molecule has 88 valence electrons. The Morgan fingerprint density at radius 2 is 2.06 bits per heavy atom. The quantitative estimate of drug-likeness (QED) is 0.549. The second-order valence-corrected chi connectivity index (χ2v) is 5.78. The first-order chi connectivity index (χ1) is 8.16. The van der Waals surface area contributed by atoms with Crippen LogP contribution in [0, 0.1) is 3.57 Å². The lowest BCUT2D eigenvalue weighted by Gasteiger charge is -2.11. The van der Waals surface area contributed by atoms with Crippen molar-refractivity contribution < 1.29 is 0 Å². The molecule has 0 N–H and O–H groups in total. The van der Waals surface area contributed by atoms with Crippen LogP contribution < -0.4 is 0 Å². The molecule has 0 amide bonds. The lowest BCUT2D eigenvalue weighted by atomic mass is 10.1. The highest BCUT2D eigenvalue weighted by atomic mass is 127. The Hall–Kier alpha value is -0.320. The summed E-state index contributed by atoms with van der Waals surface area (Å²) in [6, 6.07) is 11.6. The number of aromatic nitrogens is 1. The van der Waals surface area contributed by atoms with Crippen molar-refractivity contribution in [1.82, 2.24) is 4.98 Å². The number of benzene rings is 1. The van der Waals surface area contributed by atoms with Crippen molar-refractivity contribution in [1.29, 1.82) is 0 Å². The molecule has 0 aliphatic carbocycles. The van der Waals surface area contributed by atoms with Crippen LogP contribution in [-0.4, -0.2) is 4.98 Å². The molecule has 0 saturated heterocycles. The van der Waals surface area contributed by atoms with Crippen molar-refractivity contribution in [3.05, 3.63) is 62.4 Å². The van der Waals surface area contributed by atoms with Crippen LogP contribution in [0.15, 0.2) is 42.6 Å². The first-order valence-electron chi connectivity index (χ1n) is 5.16. The van der Waals surface area contributed by atoms with Crippen molar-refractivity contribution in [2.24, 2.45) is 0 Å². The third-order valence-electron chi connectivity index (χ3n) is 2.41. The molecule has 1 heterocycles. The molecule has 2 aromatic rings. The van der Waals surface area contributed by atoms with Crippen molar-refractivity contribution in [3.8, 4) is 0 Å². The van der Waals surface area contributed by atoms with Crippen LogP contribution in [0.5, 0.6) is 0 Å². The summed E-state index contributed by atoms with van der Waals surface area (Å²) >= 11 is 14.7. The van der Waals surface area contributed by atoms with E-state index in [1.165, 1.54) is 0 Å². The summed E-state index contributed by atoms with van der Waals surface area (Å²) in [6.07, 6.45) is 2.49. The summed E-state index contributed by atoms with van der Waals surface area (Å²) in [5.74, 6) is 0. The smallest absolute Gasteiger partial charge is 0.0651 e. The summed E-state index contributed by atoms with van der Waals surface area (Å²) in [5.41, 5.74) is 2.05. The highest BCUT2D eigenvalue weighted by molar-refractivity contribution is 14.1. The third-order valence-corrected chi connectivity index (χ3v) is 4.02. The number of hydrogen-bond donors (Lipinski definition) is 0. The van der Waals surface area contributed by atoms with E-state index in [0.29, 0.717) is 11.4 Å². The average Bonchev–Trinajstić information content (AvgIpc) is 2.33. The second kappa shape index (κ2) is 6.03. The Kier molecular flexibility index (Phi) is 4.65. The fraction of sp³-hybridized carbons (Fsp3) is 0.154. The molecule has 2 rings (SSSR count). The predicted octanol–water partition coefficient (Wildman–Crippen LogP) is 4.86. The zero-order valence-corrected chi connectivity index (χ0v) is 12.6. The molecular weight excluding hydrogens is 368 g/mol. The van der Waals surface area contributed by atoms with Gasteiger partial charge in [-0.2, -0.15) is 0 Å². The number of rotatable bonds is 3. The first-order valence-corrected chi connectivity index (χ1v) is 7.05. The number of alkyl halides is 1. The normalized spacial score (nSPS) is 12.4. The minimum atomic E-state index is -0.101. The molecule has 0 bridgehead atoms. The summed E-state index contributed by atoms with van der Waals surface area (Å²) in [5, 5.41) is 0.614. The molecule has 0 saturated carbocycles. The molecule has 17 heavy (non-hydrogen) atoms. The van der Waals surface area contributed by atoms with E-state index in [1.807, 2.05) is 36.4 Å². The lowest BCUT2D eigenvalue weighted by molar-refractivity contribution is 0.876. The Morgan fingerprint density at radius 1 is 1.24 bits per heavy atom. The standard InChI is InChI=1S/C13H10Cl2IN/c14-9-4-5-13(16)11(7-9)12(15)8-10-3-1-2-6-17-10/h1-7,12H,8H2. The number of nitrogens with zero attached hydrogens (tertiary/aromatic N) is 1. The van der Waals surface area contributed by atoms with Crippen molar-refractivity contribution in [2.75, 3.05) is 0 Å². The van der Waals surface area contributed by atoms with E-state index in [2.05, 4.69) is 27.6 Å². The monoisotopic (exact) mass is 377 g/mol. The van der Waals surface area contributed by atoms with Crippen LogP contribution >= 0.6 is 45.8 Å². The fourth-order valence-corrected chi connectivity index (χ4v) is 2.98. The van der Waals surface area contributed by atoms with E-state index in [0.717, 1.165) is 14.8 Å². The SMILES string of the molecule is Clc1ccc(I)c(C(Cl)Cc2ccccn2)c1. The van der Waals surface area contributed by atoms with Gasteiger partial charge in [0, 0.05) is 26.9 Å². The average molecular weight is 378 g/mol. The maximum absolute atomic E-state index is 6.41. The van der Waals surface area contributed by atoms with Gasteiger partial charge in [-0.05, 0) is 58.5 Å². The van der Waals surface area contributed by atoms with E-state index < -0.39 is 0 Å². The maximum atomic E-state index is 6.41. The van der Waals surface area contributed by atoms with Gasteiger partial charge >= 0.3 is 0 Å². The Morgan fingerprint density at radius 3 is 2.76 bits per heavy atom. The molecular formula is C13H10Cl2IN. The fourth-order valence-electron chi connectivity index (χ4n) is 1.57. The van der Waals surface area contributed by atoms with Gasteiger partial charge in [0.1, 0.15) is 0 Å². The van der Waals surface area contributed by atoms with E-state index in [-0.39, 0.29) is 5.38 Å². The molecule has 1 aromatic carbocycles. The lowest BCUT2D eigenvalue weighted by Crippen LogP contribution is -2.00. The Labute approximate surface area is 124 Å². The molecule has 0 aliphatic rings. The van der Waals surface area contributed by atoms with E-state index in [1.54, 1.807) is 6.20 Å². The topological polar surface area (TPSA) is 12.9 Å². The van der Waals surface area contributed by atoms with E-state index >= 15 is 0 Å². The third kappa shape index (κ3) is 3.57. The molecule has 0 fully saturated rings. The van der Waals surface area contributed by atoms with Gasteiger partial charge < -0.3 is 0 Å². The van der Waals surface area contributed by atoms with Crippen LogP contribution in [0.1, 0.15) is 16.6 Å². The Balaban J connectivity index is 2.20. The van der Waals surface area contributed by atoms with Gasteiger partial charge in [0.25, 0.3) is 0 Å². The molecule has 0 aliphatic heterocycles. The van der Waals surface area contributed by atoms with Gasteiger partial charge in [0.15, 0.2) is 0 Å². The van der Waals surface area contributed by atoms with Gasteiger partial charge in [-0.1, -0.05) is 17.7 Å². The van der Waals surface area contributed by atoms with Crippen LogP contribution in [0.4, 0.5) is 0 Å². The number of halogens is 3. The predicted molar refractivity (Wildman–Crippen MR) is 80.7 cm³/mol. The minimum Gasteiger partial charge on any atom is -0.261 e. The van der Waals surface area contributed by atoms with Crippen molar-refractivity contribution in [3.63, 3.8) is 0 Å². The van der Waals surface area contributed by atoms with Crippen LogP contribution in [0.25, 0.3) is 0 Å². The van der Waals surface area contributed by atoms with Crippen LogP contribution in [0.2, 0.25) is 5.02 Å². The molecule has 1 unspecified atom stereocenters. The van der Waals surface area contributed by atoms with E-state index in [9.17, 15) is 0 Å². The van der Waals surface area contributed by atoms with E-state index in [4.69, 9.17) is 23.2 Å². The molecule has 4 heteroatoms. The van der Waals surface area contributed by atoms with Crippen LogP contribution in [-0.2, 0) is 6.42 Å². The molecule has 1 nitrogen and oxygen atoms in total. The molecule has 1 atom stereocenters. The zero-order valence-electron chi connectivity index (χ0n) is 8.91. The zero-order chi connectivity index (χ0) is 12.3. The maximum Gasteiger partial charge on any atom is 0.0651 e. The summed E-state index contributed by atoms with van der Waals surface area (Å²) < 4.78 is 1.13. The van der Waals surface area contributed by atoms with Gasteiger partial charge in [-0.15, -0.1) is 11.6 Å². The molecule has 0 radical (unpaired) electrons. The summed E-state index contributed by atoms with van der Waals surface area (Å²) in [6.45, 7) is 0. The summed E-state index contributed by atoms with van der Waals surface area (Å²) in [7, 11) is 0. The minimum absolute atomic E-state index is 0.101. The van der Waals surface area contributed by atoms with Crippen molar-refractivity contribution in [2.45, 2.75) is 11.8 Å². The van der Waals surface area contributed by atoms with Gasteiger partial charge in [-0.25, -0.2) is 0 Å². The summed E-state index contributed by atoms with van der Waals surface area (Å²) in [4.78, 5) is 4.28. The van der Waals surface area contributed by atoms with Crippen molar-refractivity contribution >= 4 is 45.8 Å². The van der Waals surface area contributed by atoms with Gasteiger partial charge in [0.2, 0.25) is 0 Å².